The molecule has 2 nitrogen and oxygen atoms in total. The van der Waals surface area contributed by atoms with Crippen molar-refractivity contribution in [1.82, 2.24) is 0 Å². The molecule has 19 heavy (non-hydrogen) atoms. The lowest BCUT2D eigenvalue weighted by molar-refractivity contribution is 0.0427. The van der Waals surface area contributed by atoms with Gasteiger partial charge in [0.05, 0.1) is 13.2 Å². The Hall–Kier alpha value is -1.09. The molecule has 1 N–H and O–H groups in total. The summed E-state index contributed by atoms with van der Waals surface area (Å²) < 4.78 is 19.0. The summed E-state index contributed by atoms with van der Waals surface area (Å²) in [6.07, 6.45) is 4.86. The second kappa shape index (κ2) is 6.38. The largest absolute Gasteiger partial charge is 0.497 e. The molecule has 106 valence electrons. The van der Waals surface area contributed by atoms with Gasteiger partial charge in [0.2, 0.25) is 0 Å². The fourth-order valence-electron chi connectivity index (χ4n) is 3.26. The van der Waals surface area contributed by atoms with E-state index in [1.165, 1.54) is 19.6 Å². The zero-order chi connectivity index (χ0) is 13.8. The Bertz CT molecular complexity index is 419. The third-order valence-electron chi connectivity index (χ3n) is 4.42. The van der Waals surface area contributed by atoms with Crippen LogP contribution in [0.2, 0.25) is 0 Å². The zero-order valence-corrected chi connectivity index (χ0v) is 11.7. The van der Waals surface area contributed by atoms with Crippen molar-refractivity contribution < 1.29 is 14.2 Å². The average molecular weight is 266 g/mol. The van der Waals surface area contributed by atoms with Crippen molar-refractivity contribution in [2.75, 3.05) is 7.11 Å². The number of methoxy groups -OCH3 is 1. The topological polar surface area (TPSA) is 29.5 Å². The summed E-state index contributed by atoms with van der Waals surface area (Å²) in [7, 11) is 1.51. The van der Waals surface area contributed by atoms with Gasteiger partial charge in [0.25, 0.3) is 0 Å². The Morgan fingerprint density at radius 1 is 1.37 bits per heavy atom. The van der Waals surface area contributed by atoms with Crippen LogP contribution >= 0.6 is 0 Å². The molecule has 3 unspecified atom stereocenters. The normalized spacial score (nSPS) is 25.1. The van der Waals surface area contributed by atoms with Crippen LogP contribution in [-0.4, -0.2) is 12.2 Å². The quantitative estimate of drug-likeness (QED) is 0.889. The molecule has 3 heteroatoms. The Morgan fingerprint density at radius 2 is 2.11 bits per heavy atom. The molecule has 1 aromatic rings. The molecule has 0 bridgehead atoms. The van der Waals surface area contributed by atoms with Gasteiger partial charge in [-0.05, 0) is 30.4 Å². The number of benzene rings is 1. The number of hydrogen-bond acceptors (Lipinski definition) is 2. The van der Waals surface area contributed by atoms with Crippen molar-refractivity contribution in [1.29, 1.82) is 0 Å². The number of aliphatic hydroxyl groups excluding tert-OH is 1. The molecule has 0 saturated heterocycles. The highest BCUT2D eigenvalue weighted by Gasteiger charge is 2.31. The molecule has 0 amide bonds. The summed E-state index contributed by atoms with van der Waals surface area (Å²) in [6, 6.07) is 4.72. The van der Waals surface area contributed by atoms with Gasteiger partial charge in [0.1, 0.15) is 11.6 Å². The van der Waals surface area contributed by atoms with E-state index in [2.05, 4.69) is 6.92 Å². The lowest BCUT2D eigenvalue weighted by atomic mass is 9.73. The Balaban J connectivity index is 2.20. The first kappa shape index (κ1) is 14.3. The predicted octanol–water partition coefficient (Wildman–Crippen LogP) is 4.08. The molecule has 1 saturated carbocycles. The van der Waals surface area contributed by atoms with E-state index >= 15 is 0 Å². The molecule has 0 aliphatic heterocycles. The molecule has 2 rings (SSSR count). The van der Waals surface area contributed by atoms with E-state index < -0.39 is 6.10 Å². The zero-order valence-electron chi connectivity index (χ0n) is 11.7. The number of halogens is 1. The molecule has 3 atom stereocenters. The van der Waals surface area contributed by atoms with E-state index in [4.69, 9.17) is 4.74 Å². The van der Waals surface area contributed by atoms with Gasteiger partial charge in [0.15, 0.2) is 0 Å². The molecular formula is C16H23FO2. The fraction of sp³-hybridized carbons (Fsp3) is 0.625. The fourth-order valence-corrected chi connectivity index (χ4v) is 3.26. The van der Waals surface area contributed by atoms with Crippen molar-refractivity contribution in [3.8, 4) is 5.75 Å². The number of ether oxygens (including phenoxy) is 1. The standard InChI is InChI=1S/C16H23FO2/c1-3-11-6-4-5-7-13(11)16(18)14-9-8-12(19-2)10-15(14)17/h8-11,13,16,18H,3-7H2,1-2H3. The number of hydrogen-bond donors (Lipinski definition) is 1. The SMILES string of the molecule is CCC1CCCCC1C(O)c1ccc(OC)cc1F. The minimum absolute atomic E-state index is 0.182. The van der Waals surface area contributed by atoms with Crippen LogP contribution in [0, 0.1) is 17.7 Å². The molecule has 1 fully saturated rings. The highest BCUT2D eigenvalue weighted by molar-refractivity contribution is 5.30. The molecule has 1 aliphatic rings. The van der Waals surface area contributed by atoms with E-state index in [0.29, 0.717) is 17.2 Å². The van der Waals surface area contributed by atoms with Crippen LogP contribution < -0.4 is 4.74 Å². The first-order valence-electron chi connectivity index (χ1n) is 7.18. The van der Waals surface area contributed by atoms with Crippen LogP contribution in [0.4, 0.5) is 4.39 Å². The molecule has 1 aliphatic carbocycles. The molecule has 0 aromatic heterocycles. The summed E-state index contributed by atoms with van der Waals surface area (Å²) in [4.78, 5) is 0. The van der Waals surface area contributed by atoms with E-state index in [1.54, 1.807) is 12.1 Å². The highest BCUT2D eigenvalue weighted by atomic mass is 19.1. The lowest BCUT2D eigenvalue weighted by Gasteiger charge is -2.34. The number of rotatable bonds is 4. The van der Waals surface area contributed by atoms with Gasteiger partial charge >= 0.3 is 0 Å². The predicted molar refractivity (Wildman–Crippen MR) is 73.7 cm³/mol. The Kier molecular flexibility index (Phi) is 4.81. The second-order valence-corrected chi connectivity index (χ2v) is 5.45. The van der Waals surface area contributed by atoms with Crippen LogP contribution in [0.5, 0.6) is 5.75 Å². The summed E-state index contributed by atoms with van der Waals surface area (Å²) in [5.74, 6) is 0.809. The van der Waals surface area contributed by atoms with Gasteiger partial charge in [-0.2, -0.15) is 0 Å². The minimum Gasteiger partial charge on any atom is -0.497 e. The van der Waals surface area contributed by atoms with Gasteiger partial charge in [-0.1, -0.05) is 32.6 Å². The Labute approximate surface area is 114 Å². The van der Waals surface area contributed by atoms with Crippen molar-refractivity contribution in [2.24, 2.45) is 11.8 Å². The number of aliphatic hydroxyl groups is 1. The first-order chi connectivity index (χ1) is 9.17. The van der Waals surface area contributed by atoms with Crippen molar-refractivity contribution in [2.45, 2.75) is 45.1 Å². The molecular weight excluding hydrogens is 243 g/mol. The van der Waals surface area contributed by atoms with Gasteiger partial charge in [-0.3, -0.25) is 0 Å². The lowest BCUT2D eigenvalue weighted by Crippen LogP contribution is -2.25. The second-order valence-electron chi connectivity index (χ2n) is 5.45. The van der Waals surface area contributed by atoms with Crippen molar-refractivity contribution in [3.05, 3.63) is 29.6 Å². The third kappa shape index (κ3) is 3.08. The van der Waals surface area contributed by atoms with E-state index in [0.717, 1.165) is 25.7 Å². The maximum Gasteiger partial charge on any atom is 0.132 e. The molecule has 0 spiro atoms. The van der Waals surface area contributed by atoms with Gasteiger partial charge in [0, 0.05) is 11.6 Å². The molecule has 0 radical (unpaired) electrons. The monoisotopic (exact) mass is 266 g/mol. The highest BCUT2D eigenvalue weighted by Crippen LogP contribution is 2.41. The minimum atomic E-state index is -0.698. The van der Waals surface area contributed by atoms with Crippen LogP contribution in [0.25, 0.3) is 0 Å². The van der Waals surface area contributed by atoms with Gasteiger partial charge in [-0.15, -0.1) is 0 Å². The summed E-state index contributed by atoms with van der Waals surface area (Å²) in [6.45, 7) is 2.15. The average Bonchev–Trinajstić information content (AvgIpc) is 2.46. The van der Waals surface area contributed by atoms with Gasteiger partial charge < -0.3 is 9.84 Å². The Morgan fingerprint density at radius 3 is 2.74 bits per heavy atom. The summed E-state index contributed by atoms with van der Waals surface area (Å²) >= 11 is 0. The van der Waals surface area contributed by atoms with E-state index in [1.807, 2.05) is 0 Å². The van der Waals surface area contributed by atoms with Crippen LogP contribution in [0.15, 0.2) is 18.2 Å². The van der Waals surface area contributed by atoms with Crippen molar-refractivity contribution >= 4 is 0 Å². The van der Waals surface area contributed by atoms with Crippen LogP contribution in [0.1, 0.15) is 50.7 Å². The van der Waals surface area contributed by atoms with E-state index in [-0.39, 0.29) is 11.7 Å². The molecule has 1 aromatic carbocycles. The van der Waals surface area contributed by atoms with E-state index in [9.17, 15) is 9.50 Å². The van der Waals surface area contributed by atoms with Crippen LogP contribution in [-0.2, 0) is 0 Å². The van der Waals surface area contributed by atoms with Crippen molar-refractivity contribution in [3.63, 3.8) is 0 Å². The summed E-state index contributed by atoms with van der Waals surface area (Å²) in [5, 5.41) is 10.5. The smallest absolute Gasteiger partial charge is 0.132 e. The van der Waals surface area contributed by atoms with Gasteiger partial charge in [-0.25, -0.2) is 4.39 Å². The third-order valence-corrected chi connectivity index (χ3v) is 4.42. The molecule has 0 heterocycles. The maximum absolute atomic E-state index is 14.0. The maximum atomic E-state index is 14.0. The summed E-state index contributed by atoms with van der Waals surface area (Å²) in [5.41, 5.74) is 0.408. The first-order valence-corrected chi connectivity index (χ1v) is 7.18. The van der Waals surface area contributed by atoms with Crippen LogP contribution in [0.3, 0.4) is 0 Å².